The number of allylic oxidation sites excluding steroid dienone is 1. The van der Waals surface area contributed by atoms with E-state index in [1.807, 2.05) is 0 Å². The zero-order valence-corrected chi connectivity index (χ0v) is 9.06. The van der Waals surface area contributed by atoms with Gasteiger partial charge in [-0.3, -0.25) is 0 Å². The summed E-state index contributed by atoms with van der Waals surface area (Å²) in [5.74, 6) is 0.457. The Balaban J connectivity index is 2.89. The van der Waals surface area contributed by atoms with Crippen molar-refractivity contribution in [2.75, 3.05) is 0 Å². The molecule has 1 aromatic rings. The normalized spacial score (nSPS) is 12.6. The second kappa shape index (κ2) is 3.90. The topological polar surface area (TPSA) is 0 Å². The third-order valence-corrected chi connectivity index (χ3v) is 2.64. The summed E-state index contributed by atoms with van der Waals surface area (Å²) in [5.41, 5.74) is 2.53. The van der Waals surface area contributed by atoms with Crippen molar-refractivity contribution in [2.24, 2.45) is 0 Å². The predicted molar refractivity (Wildman–Crippen MR) is 57.4 cm³/mol. The Hall–Kier alpha value is -0.560. The van der Waals surface area contributed by atoms with Crippen molar-refractivity contribution < 1.29 is 0 Å². The molecule has 0 N–H and O–H groups in total. The SMILES string of the molecule is C=C(C)C(C)c1ccc(Br)cc1. The quantitative estimate of drug-likeness (QED) is 0.664. The highest BCUT2D eigenvalue weighted by atomic mass is 79.9. The van der Waals surface area contributed by atoms with Gasteiger partial charge < -0.3 is 0 Å². The van der Waals surface area contributed by atoms with Crippen LogP contribution in [0.1, 0.15) is 25.3 Å². The molecule has 1 atom stereocenters. The van der Waals surface area contributed by atoms with Gasteiger partial charge in [0, 0.05) is 10.4 Å². The molecule has 64 valence electrons. The van der Waals surface area contributed by atoms with E-state index < -0.39 is 0 Å². The molecule has 0 bridgehead atoms. The van der Waals surface area contributed by atoms with Crippen molar-refractivity contribution in [3.8, 4) is 0 Å². The Morgan fingerprint density at radius 1 is 1.33 bits per heavy atom. The first kappa shape index (κ1) is 9.53. The summed E-state index contributed by atoms with van der Waals surface area (Å²) in [4.78, 5) is 0. The smallest absolute Gasteiger partial charge is 0.0175 e. The van der Waals surface area contributed by atoms with E-state index in [2.05, 4.69) is 60.6 Å². The lowest BCUT2D eigenvalue weighted by atomic mass is 9.95. The van der Waals surface area contributed by atoms with Crippen LogP contribution in [0.2, 0.25) is 0 Å². The highest BCUT2D eigenvalue weighted by Gasteiger charge is 2.04. The molecule has 0 aromatic heterocycles. The van der Waals surface area contributed by atoms with Gasteiger partial charge in [0.15, 0.2) is 0 Å². The highest BCUT2D eigenvalue weighted by Crippen LogP contribution is 2.23. The molecule has 1 rings (SSSR count). The van der Waals surface area contributed by atoms with E-state index in [1.165, 1.54) is 11.1 Å². The van der Waals surface area contributed by atoms with E-state index in [1.54, 1.807) is 0 Å². The van der Waals surface area contributed by atoms with Gasteiger partial charge in [-0.15, -0.1) is 0 Å². The zero-order chi connectivity index (χ0) is 9.14. The van der Waals surface area contributed by atoms with Crippen molar-refractivity contribution in [1.82, 2.24) is 0 Å². The Labute approximate surface area is 82.4 Å². The molecule has 12 heavy (non-hydrogen) atoms. The second-order valence-corrected chi connectivity index (χ2v) is 4.04. The minimum absolute atomic E-state index is 0.457. The Kier molecular flexibility index (Phi) is 3.10. The predicted octanol–water partition coefficient (Wildman–Crippen LogP) is 4.13. The minimum atomic E-state index is 0.457. The minimum Gasteiger partial charge on any atom is -0.0995 e. The molecule has 0 nitrogen and oxygen atoms in total. The van der Waals surface area contributed by atoms with Crippen molar-refractivity contribution in [1.29, 1.82) is 0 Å². The first-order valence-corrected chi connectivity index (χ1v) is 4.81. The summed E-state index contributed by atoms with van der Waals surface area (Å²) in [6.07, 6.45) is 0. The summed E-state index contributed by atoms with van der Waals surface area (Å²) in [6.45, 7) is 8.18. The van der Waals surface area contributed by atoms with Crippen LogP contribution < -0.4 is 0 Å². The van der Waals surface area contributed by atoms with E-state index >= 15 is 0 Å². The molecular formula is C11H13Br. The average molecular weight is 225 g/mol. The van der Waals surface area contributed by atoms with Crippen LogP contribution in [-0.4, -0.2) is 0 Å². The molecular weight excluding hydrogens is 212 g/mol. The fourth-order valence-electron chi connectivity index (χ4n) is 1.04. The summed E-state index contributed by atoms with van der Waals surface area (Å²) < 4.78 is 1.13. The van der Waals surface area contributed by atoms with Crippen molar-refractivity contribution in [3.63, 3.8) is 0 Å². The van der Waals surface area contributed by atoms with E-state index in [4.69, 9.17) is 0 Å². The maximum absolute atomic E-state index is 3.94. The number of halogens is 1. The molecule has 0 aliphatic heterocycles. The van der Waals surface area contributed by atoms with E-state index in [-0.39, 0.29) is 0 Å². The van der Waals surface area contributed by atoms with Crippen LogP contribution in [0.3, 0.4) is 0 Å². The molecule has 0 aliphatic carbocycles. The maximum Gasteiger partial charge on any atom is 0.0175 e. The molecule has 1 unspecified atom stereocenters. The lowest BCUT2D eigenvalue weighted by molar-refractivity contribution is 0.898. The van der Waals surface area contributed by atoms with Crippen molar-refractivity contribution in [3.05, 3.63) is 46.5 Å². The van der Waals surface area contributed by atoms with Gasteiger partial charge in [0.05, 0.1) is 0 Å². The van der Waals surface area contributed by atoms with Gasteiger partial charge in [-0.1, -0.05) is 47.1 Å². The lowest BCUT2D eigenvalue weighted by Gasteiger charge is -2.10. The van der Waals surface area contributed by atoms with E-state index in [0.29, 0.717) is 5.92 Å². The van der Waals surface area contributed by atoms with Crippen LogP contribution >= 0.6 is 15.9 Å². The molecule has 0 radical (unpaired) electrons. The van der Waals surface area contributed by atoms with Gasteiger partial charge in [0.25, 0.3) is 0 Å². The first-order valence-electron chi connectivity index (χ1n) is 4.02. The Morgan fingerprint density at radius 3 is 2.25 bits per heavy atom. The lowest BCUT2D eigenvalue weighted by Crippen LogP contribution is -1.92. The monoisotopic (exact) mass is 224 g/mol. The molecule has 0 saturated carbocycles. The average Bonchev–Trinajstić information content (AvgIpc) is 2.04. The molecule has 0 saturated heterocycles. The van der Waals surface area contributed by atoms with Crippen LogP contribution in [0.25, 0.3) is 0 Å². The standard InChI is InChI=1S/C11H13Br/c1-8(2)9(3)10-4-6-11(12)7-5-10/h4-7,9H,1H2,2-3H3. The molecule has 1 aromatic carbocycles. The van der Waals surface area contributed by atoms with Gasteiger partial charge in [-0.25, -0.2) is 0 Å². The fourth-order valence-corrected chi connectivity index (χ4v) is 1.30. The van der Waals surface area contributed by atoms with Gasteiger partial charge in [-0.05, 0) is 24.6 Å². The molecule has 0 spiro atoms. The van der Waals surface area contributed by atoms with Gasteiger partial charge in [0.1, 0.15) is 0 Å². The first-order chi connectivity index (χ1) is 5.61. The number of benzene rings is 1. The summed E-state index contributed by atoms with van der Waals surface area (Å²) in [5, 5.41) is 0. The number of hydrogen-bond acceptors (Lipinski definition) is 0. The molecule has 0 aliphatic rings. The molecule has 1 heteroatoms. The number of rotatable bonds is 2. The Morgan fingerprint density at radius 2 is 1.83 bits per heavy atom. The van der Waals surface area contributed by atoms with Crippen LogP contribution in [0, 0.1) is 0 Å². The largest absolute Gasteiger partial charge is 0.0995 e. The molecule has 0 amide bonds. The Bertz CT molecular complexity index is 272. The van der Waals surface area contributed by atoms with Gasteiger partial charge in [0.2, 0.25) is 0 Å². The van der Waals surface area contributed by atoms with Crippen LogP contribution in [0.5, 0.6) is 0 Å². The van der Waals surface area contributed by atoms with Crippen LogP contribution in [0.4, 0.5) is 0 Å². The van der Waals surface area contributed by atoms with Crippen LogP contribution in [0.15, 0.2) is 40.9 Å². The molecule has 0 heterocycles. The van der Waals surface area contributed by atoms with Crippen LogP contribution in [-0.2, 0) is 0 Å². The fraction of sp³-hybridized carbons (Fsp3) is 0.273. The highest BCUT2D eigenvalue weighted by molar-refractivity contribution is 9.10. The van der Waals surface area contributed by atoms with Gasteiger partial charge >= 0.3 is 0 Å². The summed E-state index contributed by atoms with van der Waals surface area (Å²) >= 11 is 3.41. The van der Waals surface area contributed by atoms with Crippen molar-refractivity contribution >= 4 is 15.9 Å². The van der Waals surface area contributed by atoms with Gasteiger partial charge in [-0.2, -0.15) is 0 Å². The maximum atomic E-state index is 3.94. The third kappa shape index (κ3) is 2.21. The van der Waals surface area contributed by atoms with E-state index in [9.17, 15) is 0 Å². The molecule has 0 fully saturated rings. The summed E-state index contributed by atoms with van der Waals surface area (Å²) in [7, 11) is 0. The zero-order valence-electron chi connectivity index (χ0n) is 7.47. The summed E-state index contributed by atoms with van der Waals surface area (Å²) in [6, 6.07) is 8.39. The second-order valence-electron chi connectivity index (χ2n) is 3.12. The van der Waals surface area contributed by atoms with E-state index in [0.717, 1.165) is 4.47 Å². The number of hydrogen-bond donors (Lipinski definition) is 0. The third-order valence-electron chi connectivity index (χ3n) is 2.11. The van der Waals surface area contributed by atoms with Crippen molar-refractivity contribution in [2.45, 2.75) is 19.8 Å².